The molecule has 0 atom stereocenters. The summed E-state index contributed by atoms with van der Waals surface area (Å²) in [5.74, 6) is 1.28. The maximum atomic E-state index is 13.3. The van der Waals surface area contributed by atoms with Gasteiger partial charge in [-0.3, -0.25) is 4.79 Å². The highest BCUT2D eigenvalue weighted by Gasteiger charge is 2.21. The number of hydrogen-bond donors (Lipinski definition) is 1. The number of aryl methyl sites for hydroxylation is 2. The molecule has 0 amide bonds. The molecule has 6 rings (SSSR count). The molecule has 34 heavy (non-hydrogen) atoms. The van der Waals surface area contributed by atoms with E-state index in [9.17, 15) is 4.79 Å². The number of fused-ring (bicyclic) bond motifs is 4. The Hall–Kier alpha value is -2.96. The molecule has 0 radical (unpaired) electrons. The molecule has 0 saturated heterocycles. The maximum Gasteiger partial charge on any atom is 0.260 e. The van der Waals surface area contributed by atoms with E-state index in [4.69, 9.17) is 9.72 Å². The zero-order valence-electron chi connectivity index (χ0n) is 18.6. The summed E-state index contributed by atoms with van der Waals surface area (Å²) >= 11 is 5.16. The van der Waals surface area contributed by atoms with Gasteiger partial charge in [-0.15, -0.1) is 11.3 Å². The van der Waals surface area contributed by atoms with Gasteiger partial charge < -0.3 is 9.72 Å². The molecule has 0 aliphatic heterocycles. The van der Waals surface area contributed by atoms with Crippen molar-refractivity contribution < 1.29 is 4.74 Å². The van der Waals surface area contributed by atoms with Crippen LogP contribution in [0.25, 0.3) is 32.4 Å². The van der Waals surface area contributed by atoms with Crippen LogP contribution in [0.5, 0.6) is 5.75 Å². The lowest BCUT2D eigenvalue weighted by molar-refractivity contribution is 0.307. The first-order valence-electron chi connectivity index (χ1n) is 11.6. The molecule has 2 aromatic heterocycles. The van der Waals surface area contributed by atoms with Crippen molar-refractivity contribution in [1.82, 2.24) is 9.97 Å². The minimum absolute atomic E-state index is 0.0498. The van der Waals surface area contributed by atoms with E-state index in [1.165, 1.54) is 23.3 Å². The van der Waals surface area contributed by atoms with E-state index in [-0.39, 0.29) is 5.56 Å². The van der Waals surface area contributed by atoms with E-state index in [0.717, 1.165) is 55.9 Å². The molecule has 0 saturated carbocycles. The van der Waals surface area contributed by atoms with Gasteiger partial charge in [0.05, 0.1) is 10.9 Å². The number of rotatable bonds is 4. The second-order valence-corrected chi connectivity index (χ2v) is 10.7. The fourth-order valence-corrected chi connectivity index (χ4v) is 6.34. The molecule has 170 valence electrons. The van der Waals surface area contributed by atoms with Gasteiger partial charge in [0.2, 0.25) is 0 Å². The summed E-state index contributed by atoms with van der Waals surface area (Å²) in [5, 5.41) is 2.87. The quantitative estimate of drug-likeness (QED) is 0.246. The fraction of sp³-hybridized carbons (Fsp3) is 0.214. The first kappa shape index (κ1) is 21.6. The summed E-state index contributed by atoms with van der Waals surface area (Å²) in [6.45, 7) is 0.429. The highest BCUT2D eigenvalue weighted by atomic mass is 79.9. The van der Waals surface area contributed by atoms with Gasteiger partial charge in [-0.05, 0) is 65.8 Å². The Morgan fingerprint density at radius 1 is 0.971 bits per heavy atom. The molecule has 4 nitrogen and oxygen atoms in total. The standard InChI is InChI=1S/C28H23BrN2O2S/c29-19-13-10-17(11-14-19)16-33-22-15-12-18-6-4-5-7-20(18)24(22)26-30-27(32)25-21-8-2-1-3-9-23(21)34-28(25)31-26/h4-7,10-15H,1-3,8-9,16H2,(H,30,31,32). The van der Waals surface area contributed by atoms with E-state index < -0.39 is 0 Å². The monoisotopic (exact) mass is 530 g/mol. The van der Waals surface area contributed by atoms with Crippen molar-refractivity contribution in [3.05, 3.63) is 91.5 Å². The van der Waals surface area contributed by atoms with Crippen LogP contribution in [-0.4, -0.2) is 9.97 Å². The number of aromatic nitrogens is 2. The largest absolute Gasteiger partial charge is 0.488 e. The SMILES string of the molecule is O=c1[nH]c(-c2c(OCc3ccc(Br)cc3)ccc3ccccc23)nc2sc3c(c12)CCCCC3. The summed E-state index contributed by atoms with van der Waals surface area (Å²) in [4.78, 5) is 23.6. The van der Waals surface area contributed by atoms with Gasteiger partial charge in [-0.1, -0.05) is 64.8 Å². The molecule has 3 aromatic carbocycles. The third-order valence-electron chi connectivity index (χ3n) is 6.51. The number of aromatic amines is 1. The Morgan fingerprint density at radius 2 is 1.79 bits per heavy atom. The molecule has 0 bridgehead atoms. The summed E-state index contributed by atoms with van der Waals surface area (Å²) in [6, 6.07) is 20.3. The van der Waals surface area contributed by atoms with Gasteiger partial charge in [0.25, 0.3) is 5.56 Å². The molecule has 0 fully saturated rings. The predicted octanol–water partition coefficient (Wildman–Crippen LogP) is 7.42. The second kappa shape index (κ2) is 9.01. The predicted molar refractivity (Wildman–Crippen MR) is 143 cm³/mol. The molecule has 1 N–H and O–H groups in total. The Kier molecular flexibility index (Phi) is 5.71. The Balaban J connectivity index is 1.49. The molecule has 5 aromatic rings. The Bertz CT molecular complexity index is 1570. The van der Waals surface area contributed by atoms with Crippen molar-refractivity contribution >= 4 is 48.3 Å². The van der Waals surface area contributed by atoms with E-state index in [1.807, 2.05) is 42.5 Å². The van der Waals surface area contributed by atoms with Crippen LogP contribution in [0.15, 0.2) is 69.9 Å². The molecule has 6 heteroatoms. The smallest absolute Gasteiger partial charge is 0.260 e. The number of thiophene rings is 1. The van der Waals surface area contributed by atoms with Crippen molar-refractivity contribution in [1.29, 1.82) is 0 Å². The summed E-state index contributed by atoms with van der Waals surface area (Å²) in [7, 11) is 0. The van der Waals surface area contributed by atoms with Gasteiger partial charge in [0.1, 0.15) is 23.0 Å². The van der Waals surface area contributed by atoms with Crippen molar-refractivity contribution in [3.63, 3.8) is 0 Å². The summed E-state index contributed by atoms with van der Waals surface area (Å²) in [5.41, 5.74) is 3.06. The third-order valence-corrected chi connectivity index (χ3v) is 8.22. The topological polar surface area (TPSA) is 55.0 Å². The Labute approximate surface area is 209 Å². The Morgan fingerprint density at radius 3 is 2.68 bits per heavy atom. The maximum absolute atomic E-state index is 13.3. The molecule has 0 unspecified atom stereocenters. The summed E-state index contributed by atoms with van der Waals surface area (Å²) in [6.07, 6.45) is 5.55. The normalized spacial score (nSPS) is 13.7. The average molecular weight is 531 g/mol. The number of halogens is 1. The highest BCUT2D eigenvalue weighted by Crippen LogP contribution is 2.38. The van der Waals surface area contributed by atoms with Gasteiger partial charge >= 0.3 is 0 Å². The molecule has 0 spiro atoms. The van der Waals surface area contributed by atoms with Gasteiger partial charge in [0.15, 0.2) is 0 Å². The van der Waals surface area contributed by atoms with Gasteiger partial charge in [-0.2, -0.15) is 0 Å². The number of nitrogens with one attached hydrogen (secondary N) is 1. The lowest BCUT2D eigenvalue weighted by Crippen LogP contribution is -2.11. The van der Waals surface area contributed by atoms with Crippen molar-refractivity contribution in [2.24, 2.45) is 0 Å². The van der Waals surface area contributed by atoms with Crippen LogP contribution in [0, 0.1) is 0 Å². The average Bonchev–Trinajstić information content (AvgIpc) is 3.05. The van der Waals surface area contributed by atoms with Crippen molar-refractivity contribution in [2.45, 2.75) is 38.7 Å². The van der Waals surface area contributed by atoms with E-state index in [0.29, 0.717) is 18.2 Å². The van der Waals surface area contributed by atoms with Crippen LogP contribution in [0.1, 0.15) is 35.3 Å². The van der Waals surface area contributed by atoms with Crippen LogP contribution in [-0.2, 0) is 19.4 Å². The lowest BCUT2D eigenvalue weighted by Gasteiger charge is -2.14. The summed E-state index contributed by atoms with van der Waals surface area (Å²) < 4.78 is 7.34. The highest BCUT2D eigenvalue weighted by molar-refractivity contribution is 9.10. The van der Waals surface area contributed by atoms with E-state index >= 15 is 0 Å². The fourth-order valence-electron chi connectivity index (χ4n) is 4.82. The van der Waals surface area contributed by atoms with E-state index in [2.05, 4.69) is 39.1 Å². The molecule has 1 aliphatic rings. The minimum atomic E-state index is -0.0498. The van der Waals surface area contributed by atoms with Crippen molar-refractivity contribution in [2.75, 3.05) is 0 Å². The number of nitrogens with zero attached hydrogens (tertiary/aromatic N) is 1. The molecule has 1 aliphatic carbocycles. The number of hydrogen-bond acceptors (Lipinski definition) is 4. The lowest BCUT2D eigenvalue weighted by atomic mass is 10.0. The molecule has 2 heterocycles. The zero-order valence-corrected chi connectivity index (χ0v) is 21.0. The second-order valence-electron chi connectivity index (χ2n) is 8.73. The van der Waals surface area contributed by atoms with Crippen LogP contribution < -0.4 is 10.3 Å². The number of H-pyrrole nitrogens is 1. The van der Waals surface area contributed by atoms with Gasteiger partial charge in [-0.25, -0.2) is 4.98 Å². The minimum Gasteiger partial charge on any atom is -0.488 e. The van der Waals surface area contributed by atoms with E-state index in [1.54, 1.807) is 11.3 Å². The molecular formula is C28H23BrN2O2S. The van der Waals surface area contributed by atoms with Crippen LogP contribution in [0.2, 0.25) is 0 Å². The zero-order chi connectivity index (χ0) is 23.1. The van der Waals surface area contributed by atoms with Crippen LogP contribution >= 0.6 is 27.3 Å². The molecular weight excluding hydrogens is 508 g/mol. The first-order chi connectivity index (χ1) is 16.7. The van der Waals surface area contributed by atoms with Crippen molar-refractivity contribution in [3.8, 4) is 17.1 Å². The third kappa shape index (κ3) is 3.95. The van der Waals surface area contributed by atoms with Crippen LogP contribution in [0.3, 0.4) is 0 Å². The number of benzene rings is 3. The van der Waals surface area contributed by atoms with Gasteiger partial charge in [0, 0.05) is 9.35 Å². The van der Waals surface area contributed by atoms with Crippen LogP contribution in [0.4, 0.5) is 0 Å². The number of ether oxygens (including phenoxy) is 1. The first-order valence-corrected chi connectivity index (χ1v) is 13.2.